The number of nitriles is 1. The largest absolute Gasteiger partial charge is 0.322 e. The zero-order chi connectivity index (χ0) is 15.4. The van der Waals surface area contributed by atoms with Gasteiger partial charge in [-0.1, -0.05) is 0 Å². The lowest BCUT2D eigenvalue weighted by molar-refractivity contribution is 0.163. The van der Waals surface area contributed by atoms with Crippen LogP contribution in [0.5, 0.6) is 0 Å². The van der Waals surface area contributed by atoms with E-state index >= 15 is 0 Å². The molecule has 6 nitrogen and oxygen atoms in total. The van der Waals surface area contributed by atoms with E-state index in [0.717, 1.165) is 30.8 Å². The third-order valence-corrected chi connectivity index (χ3v) is 4.51. The Morgan fingerprint density at radius 3 is 3.00 bits per heavy atom. The van der Waals surface area contributed by atoms with E-state index in [-0.39, 0.29) is 12.1 Å². The van der Waals surface area contributed by atoms with E-state index in [1.165, 1.54) is 6.20 Å². The summed E-state index contributed by atoms with van der Waals surface area (Å²) >= 11 is 1.58. The van der Waals surface area contributed by atoms with Gasteiger partial charge in [0, 0.05) is 18.1 Å². The minimum atomic E-state index is -0.147. The minimum Gasteiger partial charge on any atom is -0.315 e. The van der Waals surface area contributed by atoms with Gasteiger partial charge in [0.1, 0.15) is 16.8 Å². The fourth-order valence-electron chi connectivity index (χ4n) is 2.56. The molecule has 0 saturated carbocycles. The van der Waals surface area contributed by atoms with Crippen LogP contribution < -0.4 is 5.32 Å². The predicted molar refractivity (Wildman–Crippen MR) is 83.4 cm³/mol. The van der Waals surface area contributed by atoms with Crippen LogP contribution in [-0.4, -0.2) is 27.4 Å². The number of hydrogen-bond acceptors (Lipinski definition) is 5. The van der Waals surface area contributed by atoms with E-state index in [0.29, 0.717) is 11.4 Å². The maximum absolute atomic E-state index is 12.5. The van der Waals surface area contributed by atoms with Crippen molar-refractivity contribution in [3.05, 3.63) is 40.6 Å². The number of anilines is 1. The van der Waals surface area contributed by atoms with Gasteiger partial charge in [-0.3, -0.25) is 0 Å². The molecule has 3 heterocycles. The zero-order valence-corrected chi connectivity index (χ0v) is 12.7. The molecule has 1 aliphatic heterocycles. The second-order valence-corrected chi connectivity index (χ2v) is 5.98. The SMILES string of the molecule is N#Cc1ccc(NC(=O)N2CCCCC2c2nccs2)cn1. The maximum Gasteiger partial charge on any atom is 0.322 e. The molecule has 112 valence electrons. The van der Waals surface area contributed by atoms with Crippen LogP contribution in [0, 0.1) is 11.3 Å². The van der Waals surface area contributed by atoms with Gasteiger partial charge in [-0.15, -0.1) is 11.3 Å². The van der Waals surface area contributed by atoms with Gasteiger partial charge < -0.3 is 10.2 Å². The maximum atomic E-state index is 12.5. The number of nitrogens with one attached hydrogen (secondary N) is 1. The molecule has 1 aliphatic rings. The Morgan fingerprint density at radius 2 is 2.32 bits per heavy atom. The molecule has 7 heteroatoms. The first-order valence-corrected chi connectivity index (χ1v) is 7.99. The quantitative estimate of drug-likeness (QED) is 0.923. The molecule has 2 aromatic heterocycles. The number of carbonyl (C=O) groups excluding carboxylic acids is 1. The number of hydrogen-bond donors (Lipinski definition) is 1. The first-order valence-electron chi connectivity index (χ1n) is 7.11. The second kappa shape index (κ2) is 6.54. The molecule has 1 saturated heterocycles. The molecular weight excluding hydrogens is 298 g/mol. The lowest BCUT2D eigenvalue weighted by Crippen LogP contribution is -2.41. The van der Waals surface area contributed by atoms with Crippen molar-refractivity contribution in [3.8, 4) is 6.07 Å². The Kier molecular flexibility index (Phi) is 4.30. The van der Waals surface area contributed by atoms with E-state index in [1.54, 1.807) is 29.7 Å². The summed E-state index contributed by atoms with van der Waals surface area (Å²) in [5, 5.41) is 14.5. The number of carbonyl (C=O) groups is 1. The molecule has 2 aromatic rings. The van der Waals surface area contributed by atoms with Crippen LogP contribution in [0.2, 0.25) is 0 Å². The summed E-state index contributed by atoms with van der Waals surface area (Å²) in [7, 11) is 0. The molecule has 1 fully saturated rings. The number of rotatable bonds is 2. The highest BCUT2D eigenvalue weighted by Gasteiger charge is 2.29. The lowest BCUT2D eigenvalue weighted by Gasteiger charge is -2.34. The fourth-order valence-corrected chi connectivity index (χ4v) is 3.34. The van der Waals surface area contributed by atoms with Crippen LogP contribution in [0.25, 0.3) is 0 Å². The van der Waals surface area contributed by atoms with Crippen molar-refractivity contribution in [2.45, 2.75) is 25.3 Å². The van der Waals surface area contributed by atoms with Crippen molar-refractivity contribution in [2.24, 2.45) is 0 Å². The van der Waals surface area contributed by atoms with Crippen molar-refractivity contribution < 1.29 is 4.79 Å². The molecule has 0 bridgehead atoms. The van der Waals surface area contributed by atoms with Crippen LogP contribution in [0.4, 0.5) is 10.5 Å². The molecule has 0 aliphatic carbocycles. The molecule has 0 spiro atoms. The number of amides is 2. The molecule has 0 aromatic carbocycles. The third-order valence-electron chi connectivity index (χ3n) is 3.63. The van der Waals surface area contributed by atoms with Gasteiger partial charge in [0.2, 0.25) is 0 Å². The van der Waals surface area contributed by atoms with Crippen LogP contribution in [-0.2, 0) is 0 Å². The summed E-state index contributed by atoms with van der Waals surface area (Å²) in [4.78, 5) is 22.7. The van der Waals surface area contributed by atoms with E-state index in [2.05, 4.69) is 15.3 Å². The Bertz CT molecular complexity index is 677. The van der Waals surface area contributed by atoms with Crippen molar-refractivity contribution in [3.63, 3.8) is 0 Å². The highest BCUT2D eigenvalue weighted by atomic mass is 32.1. The van der Waals surface area contributed by atoms with E-state index < -0.39 is 0 Å². The Labute approximate surface area is 132 Å². The van der Waals surface area contributed by atoms with Gasteiger partial charge in [-0.05, 0) is 31.4 Å². The van der Waals surface area contributed by atoms with Gasteiger partial charge in [0.25, 0.3) is 0 Å². The number of urea groups is 1. The normalized spacial score (nSPS) is 17.8. The van der Waals surface area contributed by atoms with Crippen molar-refractivity contribution in [1.82, 2.24) is 14.9 Å². The van der Waals surface area contributed by atoms with E-state index in [4.69, 9.17) is 5.26 Å². The summed E-state index contributed by atoms with van der Waals surface area (Å²) < 4.78 is 0. The van der Waals surface area contributed by atoms with Crippen molar-refractivity contribution in [1.29, 1.82) is 5.26 Å². The van der Waals surface area contributed by atoms with Crippen LogP contribution >= 0.6 is 11.3 Å². The highest BCUT2D eigenvalue weighted by Crippen LogP contribution is 2.32. The summed E-state index contributed by atoms with van der Waals surface area (Å²) in [5.41, 5.74) is 0.920. The molecular formula is C15H15N5OS. The van der Waals surface area contributed by atoms with Gasteiger partial charge in [0.05, 0.1) is 17.9 Å². The van der Waals surface area contributed by atoms with Crippen molar-refractivity contribution in [2.75, 3.05) is 11.9 Å². The monoisotopic (exact) mass is 313 g/mol. The van der Waals surface area contributed by atoms with E-state index in [1.807, 2.05) is 16.3 Å². The van der Waals surface area contributed by atoms with Gasteiger partial charge in [0.15, 0.2) is 0 Å². The smallest absolute Gasteiger partial charge is 0.315 e. The van der Waals surface area contributed by atoms with Gasteiger partial charge in [-0.2, -0.15) is 5.26 Å². The lowest BCUT2D eigenvalue weighted by atomic mass is 10.0. The number of thiazole rings is 1. The van der Waals surface area contributed by atoms with Crippen molar-refractivity contribution >= 4 is 23.1 Å². The number of piperidine rings is 1. The summed E-state index contributed by atoms with van der Waals surface area (Å²) in [5.74, 6) is 0. The Balaban J connectivity index is 1.73. The number of aromatic nitrogens is 2. The summed E-state index contributed by atoms with van der Waals surface area (Å²) in [6, 6.07) is 5.12. The topological polar surface area (TPSA) is 81.9 Å². The first kappa shape index (κ1) is 14.5. The molecule has 22 heavy (non-hydrogen) atoms. The van der Waals surface area contributed by atoms with E-state index in [9.17, 15) is 4.79 Å². The first-order chi connectivity index (χ1) is 10.8. The average molecular weight is 313 g/mol. The summed E-state index contributed by atoms with van der Waals surface area (Å²) in [6.07, 6.45) is 6.31. The van der Waals surface area contributed by atoms with Crippen LogP contribution in [0.1, 0.15) is 36.0 Å². The summed E-state index contributed by atoms with van der Waals surface area (Å²) in [6.45, 7) is 0.722. The number of likely N-dealkylation sites (tertiary alicyclic amines) is 1. The molecule has 1 N–H and O–H groups in total. The zero-order valence-electron chi connectivity index (χ0n) is 11.9. The molecule has 1 atom stereocenters. The van der Waals surface area contributed by atoms with Gasteiger partial charge in [-0.25, -0.2) is 14.8 Å². The Hall–Kier alpha value is -2.46. The predicted octanol–water partition coefficient (Wildman–Crippen LogP) is 3.17. The van der Waals surface area contributed by atoms with Crippen LogP contribution in [0.15, 0.2) is 29.9 Å². The standard InChI is InChI=1S/C15H15N5OS/c16-9-11-4-5-12(10-18-11)19-15(21)20-7-2-1-3-13(20)14-17-6-8-22-14/h4-6,8,10,13H,1-3,7H2,(H,19,21). The molecule has 0 radical (unpaired) electrons. The molecule has 3 rings (SSSR count). The third kappa shape index (κ3) is 3.07. The molecule has 1 unspecified atom stereocenters. The van der Waals surface area contributed by atoms with Gasteiger partial charge >= 0.3 is 6.03 Å². The molecule has 2 amide bonds. The number of pyridine rings is 1. The minimum absolute atomic E-state index is 0.0418. The second-order valence-electron chi connectivity index (χ2n) is 5.05. The Morgan fingerprint density at radius 1 is 1.41 bits per heavy atom. The fraction of sp³-hybridized carbons (Fsp3) is 0.333. The number of nitrogens with zero attached hydrogens (tertiary/aromatic N) is 4. The average Bonchev–Trinajstić information content (AvgIpc) is 3.10. The van der Waals surface area contributed by atoms with Crippen LogP contribution in [0.3, 0.4) is 0 Å². The highest BCUT2D eigenvalue weighted by molar-refractivity contribution is 7.09.